The molecule has 1 aromatic carbocycles. The van der Waals surface area contributed by atoms with Gasteiger partial charge in [-0.1, -0.05) is 19.4 Å². The van der Waals surface area contributed by atoms with Crippen LogP contribution in [0.1, 0.15) is 38.2 Å². The van der Waals surface area contributed by atoms with Gasteiger partial charge in [-0.2, -0.15) is 13.2 Å². The van der Waals surface area contributed by atoms with Crippen molar-refractivity contribution in [2.45, 2.75) is 55.0 Å². The van der Waals surface area contributed by atoms with Crippen molar-refractivity contribution in [3.8, 4) is 0 Å². The molecule has 1 aliphatic rings. The first-order chi connectivity index (χ1) is 9.82. The Bertz CT molecular complexity index is 518. The molecule has 1 aromatic rings. The maximum absolute atomic E-state index is 12.7. The Morgan fingerprint density at radius 2 is 2.05 bits per heavy atom. The average Bonchev–Trinajstić information content (AvgIpc) is 2.46. The molecule has 6 heteroatoms. The van der Waals surface area contributed by atoms with Crippen molar-refractivity contribution in [1.82, 2.24) is 0 Å². The second-order valence-electron chi connectivity index (χ2n) is 5.61. The predicted molar refractivity (Wildman–Crippen MR) is 77.2 cm³/mol. The lowest BCUT2D eigenvalue weighted by molar-refractivity contribution is -0.137. The second kappa shape index (κ2) is 6.48. The first-order valence-corrected chi connectivity index (χ1v) is 8.37. The highest BCUT2D eigenvalue weighted by atomic mass is 32.2. The van der Waals surface area contributed by atoms with Gasteiger partial charge in [0.2, 0.25) is 0 Å². The minimum atomic E-state index is -4.42. The maximum atomic E-state index is 12.7. The summed E-state index contributed by atoms with van der Waals surface area (Å²) in [6.45, 7) is 2.08. The fraction of sp³-hybridized carbons (Fsp3) is 0.600. The van der Waals surface area contributed by atoms with Gasteiger partial charge in [0, 0.05) is 10.9 Å². The molecular formula is C15H20F3NOS. The standard InChI is InChI=1S/C15H20F3NOS/c1-2-10-6-7-13(19)14(8-10)21(20)12-5-3-4-11(9-12)15(16,17)18/h3-5,9-10,13-14H,2,6-8,19H2,1H3. The molecule has 4 atom stereocenters. The monoisotopic (exact) mass is 319 g/mol. The molecule has 2 nitrogen and oxygen atoms in total. The third-order valence-corrected chi connectivity index (χ3v) is 6.01. The summed E-state index contributed by atoms with van der Waals surface area (Å²) in [5.41, 5.74) is 5.28. The number of benzene rings is 1. The molecule has 21 heavy (non-hydrogen) atoms. The molecule has 0 amide bonds. The number of hydrogen-bond acceptors (Lipinski definition) is 2. The van der Waals surface area contributed by atoms with E-state index in [1.165, 1.54) is 12.1 Å². The summed E-state index contributed by atoms with van der Waals surface area (Å²) in [5, 5.41) is -0.257. The van der Waals surface area contributed by atoms with Crippen LogP contribution >= 0.6 is 0 Å². The normalized spacial score (nSPS) is 28.3. The van der Waals surface area contributed by atoms with Crippen LogP contribution < -0.4 is 5.73 Å². The van der Waals surface area contributed by atoms with Gasteiger partial charge in [0.1, 0.15) is 0 Å². The summed E-state index contributed by atoms with van der Waals surface area (Å²) in [7, 11) is -1.49. The highest BCUT2D eigenvalue weighted by Crippen LogP contribution is 2.34. The van der Waals surface area contributed by atoms with E-state index in [1.54, 1.807) is 0 Å². The van der Waals surface area contributed by atoms with Gasteiger partial charge in [0.15, 0.2) is 0 Å². The molecule has 0 heterocycles. The SMILES string of the molecule is CCC1CCC(N)C(S(=O)c2cccc(C(F)(F)F)c2)C1. The van der Waals surface area contributed by atoms with Crippen LogP contribution in [0.5, 0.6) is 0 Å². The molecule has 1 fully saturated rings. The van der Waals surface area contributed by atoms with E-state index >= 15 is 0 Å². The summed E-state index contributed by atoms with van der Waals surface area (Å²) >= 11 is 0. The van der Waals surface area contributed by atoms with Crippen molar-refractivity contribution in [2.75, 3.05) is 0 Å². The van der Waals surface area contributed by atoms with Gasteiger partial charge in [-0.15, -0.1) is 0 Å². The summed E-state index contributed by atoms with van der Waals surface area (Å²) in [5.74, 6) is 0.463. The Balaban J connectivity index is 2.23. The molecule has 0 aromatic heterocycles. The molecule has 0 spiro atoms. The zero-order valence-corrected chi connectivity index (χ0v) is 12.7. The van der Waals surface area contributed by atoms with Crippen LogP contribution in [0.15, 0.2) is 29.2 Å². The van der Waals surface area contributed by atoms with E-state index < -0.39 is 22.5 Å². The lowest BCUT2D eigenvalue weighted by Gasteiger charge is -2.33. The van der Waals surface area contributed by atoms with E-state index in [4.69, 9.17) is 5.73 Å². The largest absolute Gasteiger partial charge is 0.416 e. The molecule has 0 saturated heterocycles. The highest BCUT2D eigenvalue weighted by molar-refractivity contribution is 7.85. The fourth-order valence-corrected chi connectivity index (χ4v) is 4.53. The van der Waals surface area contributed by atoms with Gasteiger partial charge in [0.05, 0.1) is 21.6 Å². The Morgan fingerprint density at radius 3 is 2.67 bits per heavy atom. The molecule has 2 rings (SSSR count). The lowest BCUT2D eigenvalue weighted by atomic mass is 9.84. The van der Waals surface area contributed by atoms with Crippen LogP contribution in [0.25, 0.3) is 0 Å². The van der Waals surface area contributed by atoms with Crippen molar-refractivity contribution >= 4 is 10.8 Å². The molecule has 1 aliphatic carbocycles. The Labute approximate surface area is 125 Å². The van der Waals surface area contributed by atoms with Crippen LogP contribution in [0.4, 0.5) is 13.2 Å². The van der Waals surface area contributed by atoms with E-state index in [9.17, 15) is 17.4 Å². The third-order valence-electron chi connectivity index (χ3n) is 4.20. The van der Waals surface area contributed by atoms with Gasteiger partial charge in [-0.05, 0) is 43.4 Å². The van der Waals surface area contributed by atoms with Crippen molar-refractivity contribution < 1.29 is 17.4 Å². The van der Waals surface area contributed by atoms with Gasteiger partial charge in [-0.3, -0.25) is 4.21 Å². The van der Waals surface area contributed by atoms with E-state index in [2.05, 4.69) is 6.92 Å². The smallest absolute Gasteiger partial charge is 0.327 e. The van der Waals surface area contributed by atoms with Crippen molar-refractivity contribution in [3.05, 3.63) is 29.8 Å². The Kier molecular flexibility index (Phi) is 5.09. The molecule has 2 N–H and O–H groups in total. The number of halogens is 3. The van der Waals surface area contributed by atoms with E-state index in [0.717, 1.165) is 37.8 Å². The van der Waals surface area contributed by atoms with Crippen LogP contribution in [0.3, 0.4) is 0 Å². The van der Waals surface area contributed by atoms with Crippen LogP contribution in [0.2, 0.25) is 0 Å². The molecule has 0 radical (unpaired) electrons. The number of rotatable bonds is 3. The predicted octanol–water partition coefficient (Wildman–Crippen LogP) is 3.72. The zero-order valence-electron chi connectivity index (χ0n) is 11.9. The third kappa shape index (κ3) is 3.86. The van der Waals surface area contributed by atoms with Gasteiger partial charge >= 0.3 is 6.18 Å². The fourth-order valence-electron chi connectivity index (χ4n) is 2.82. The van der Waals surface area contributed by atoms with Crippen LogP contribution in [0, 0.1) is 5.92 Å². The Morgan fingerprint density at radius 1 is 1.33 bits per heavy atom. The van der Waals surface area contributed by atoms with Crippen molar-refractivity contribution in [2.24, 2.45) is 11.7 Å². The van der Waals surface area contributed by atoms with E-state index in [0.29, 0.717) is 5.92 Å². The number of alkyl halides is 3. The quantitative estimate of drug-likeness (QED) is 0.923. The van der Waals surface area contributed by atoms with Crippen LogP contribution in [-0.4, -0.2) is 15.5 Å². The summed E-state index contributed by atoms with van der Waals surface area (Å²) in [6.07, 6.45) is -0.911. The maximum Gasteiger partial charge on any atom is 0.416 e. The van der Waals surface area contributed by atoms with Gasteiger partial charge in [-0.25, -0.2) is 0 Å². The summed E-state index contributed by atoms with van der Waals surface area (Å²) in [6, 6.07) is 4.58. The second-order valence-corrected chi connectivity index (χ2v) is 7.28. The summed E-state index contributed by atoms with van der Waals surface area (Å²) in [4.78, 5) is 0.224. The van der Waals surface area contributed by atoms with Gasteiger partial charge in [0.25, 0.3) is 0 Å². The number of hydrogen-bond donors (Lipinski definition) is 1. The molecule has 118 valence electrons. The van der Waals surface area contributed by atoms with Gasteiger partial charge < -0.3 is 5.73 Å². The molecule has 0 bridgehead atoms. The van der Waals surface area contributed by atoms with Crippen molar-refractivity contribution in [3.63, 3.8) is 0 Å². The van der Waals surface area contributed by atoms with E-state index in [-0.39, 0.29) is 16.2 Å². The Hall–Kier alpha value is -0.880. The lowest BCUT2D eigenvalue weighted by Crippen LogP contribution is -2.42. The first-order valence-electron chi connectivity index (χ1n) is 7.16. The summed E-state index contributed by atoms with van der Waals surface area (Å²) < 4.78 is 50.8. The first kappa shape index (κ1) is 16.5. The minimum absolute atomic E-state index is 0.205. The van der Waals surface area contributed by atoms with Crippen LogP contribution in [-0.2, 0) is 17.0 Å². The topological polar surface area (TPSA) is 43.1 Å². The van der Waals surface area contributed by atoms with Crippen molar-refractivity contribution in [1.29, 1.82) is 0 Å². The molecular weight excluding hydrogens is 299 g/mol. The zero-order chi connectivity index (χ0) is 15.6. The molecule has 1 saturated carbocycles. The van der Waals surface area contributed by atoms with E-state index in [1.807, 2.05) is 0 Å². The molecule has 4 unspecified atom stereocenters. The molecule has 0 aliphatic heterocycles. The average molecular weight is 319 g/mol. The highest BCUT2D eigenvalue weighted by Gasteiger charge is 2.34. The minimum Gasteiger partial charge on any atom is -0.327 e. The number of nitrogens with two attached hydrogens (primary N) is 1.